The molecule has 7 nitrogen and oxygen atoms in total. The van der Waals surface area contributed by atoms with E-state index in [0.717, 1.165) is 35.8 Å². The number of thiophene rings is 1. The Bertz CT molecular complexity index is 925. The van der Waals surface area contributed by atoms with Crippen molar-refractivity contribution < 1.29 is 14.5 Å². The van der Waals surface area contributed by atoms with E-state index in [-0.39, 0.29) is 16.3 Å². The van der Waals surface area contributed by atoms with Crippen LogP contribution in [0.15, 0.2) is 18.2 Å². The molecule has 0 saturated carbocycles. The minimum atomic E-state index is -0.618. The minimum Gasteiger partial charge on any atom is -0.365 e. The quantitative estimate of drug-likeness (QED) is 0.607. The maximum Gasteiger partial charge on any atom is 0.270 e. The summed E-state index contributed by atoms with van der Waals surface area (Å²) < 4.78 is 0. The lowest BCUT2D eigenvalue weighted by molar-refractivity contribution is -0.384. The number of fused-ring (bicyclic) bond motifs is 1. The molecule has 136 valence electrons. The number of hydrogen-bond donors (Lipinski definition) is 2. The number of benzene rings is 1. The number of anilines is 1. The Morgan fingerprint density at radius 2 is 2.15 bits per heavy atom. The predicted molar refractivity (Wildman–Crippen MR) is 100 cm³/mol. The molecule has 1 unspecified atom stereocenters. The van der Waals surface area contributed by atoms with Crippen molar-refractivity contribution in [2.45, 2.75) is 26.2 Å². The standard InChI is InChI=1S/C17H16ClN3O4S/c1-8-2-4-10-13(6-8)26-17(14(10)15(19)22)20-16(23)11-7-9(21(24)25)3-5-12(11)18/h3,5,7-8H,2,4,6H2,1H3,(H2,19,22)(H,20,23). The van der Waals surface area contributed by atoms with E-state index in [1.54, 1.807) is 0 Å². The van der Waals surface area contributed by atoms with Gasteiger partial charge in [-0.25, -0.2) is 0 Å². The average Bonchev–Trinajstić information content (AvgIpc) is 2.91. The monoisotopic (exact) mass is 393 g/mol. The number of nitrogens with zero attached hydrogens (tertiary/aromatic N) is 1. The number of carbonyl (C=O) groups is 2. The van der Waals surface area contributed by atoms with E-state index >= 15 is 0 Å². The summed E-state index contributed by atoms with van der Waals surface area (Å²) in [7, 11) is 0. The van der Waals surface area contributed by atoms with Crippen molar-refractivity contribution >= 4 is 45.4 Å². The molecule has 26 heavy (non-hydrogen) atoms. The molecule has 0 spiro atoms. The summed E-state index contributed by atoms with van der Waals surface area (Å²) in [5.41, 5.74) is 6.47. The van der Waals surface area contributed by atoms with Crippen LogP contribution in [-0.4, -0.2) is 16.7 Å². The molecule has 9 heteroatoms. The van der Waals surface area contributed by atoms with E-state index in [2.05, 4.69) is 12.2 Å². The summed E-state index contributed by atoms with van der Waals surface area (Å²) in [6, 6.07) is 3.63. The number of non-ortho nitro benzene ring substituents is 1. The van der Waals surface area contributed by atoms with Crippen molar-refractivity contribution in [2.24, 2.45) is 11.7 Å². The molecule has 3 N–H and O–H groups in total. The number of nitro groups is 1. The van der Waals surface area contributed by atoms with Crippen LogP contribution in [0.3, 0.4) is 0 Å². The molecule has 1 heterocycles. The van der Waals surface area contributed by atoms with Gasteiger partial charge in [-0.05, 0) is 36.8 Å². The Labute approximate surface area is 158 Å². The van der Waals surface area contributed by atoms with Crippen LogP contribution in [0.4, 0.5) is 10.7 Å². The second kappa shape index (κ2) is 7.05. The topological polar surface area (TPSA) is 115 Å². The summed E-state index contributed by atoms with van der Waals surface area (Å²) in [6.07, 6.45) is 2.51. The van der Waals surface area contributed by atoms with E-state index in [0.29, 0.717) is 16.5 Å². The Balaban J connectivity index is 1.97. The van der Waals surface area contributed by atoms with Gasteiger partial charge in [0.2, 0.25) is 0 Å². The normalized spacial score (nSPS) is 16.0. The second-order valence-corrected chi connectivity index (χ2v) is 7.81. The second-order valence-electron chi connectivity index (χ2n) is 6.30. The molecular formula is C17H16ClN3O4S. The number of nitrogens with two attached hydrogens (primary N) is 1. The van der Waals surface area contributed by atoms with Crippen LogP contribution in [0.25, 0.3) is 0 Å². The Morgan fingerprint density at radius 1 is 1.42 bits per heavy atom. The van der Waals surface area contributed by atoms with Crippen molar-refractivity contribution in [3.63, 3.8) is 0 Å². The van der Waals surface area contributed by atoms with Crippen LogP contribution in [0.5, 0.6) is 0 Å². The largest absolute Gasteiger partial charge is 0.365 e. The summed E-state index contributed by atoms with van der Waals surface area (Å²) in [6.45, 7) is 2.13. The van der Waals surface area contributed by atoms with E-state index in [4.69, 9.17) is 17.3 Å². The number of amides is 2. The van der Waals surface area contributed by atoms with Gasteiger partial charge < -0.3 is 11.1 Å². The Kier molecular flexibility index (Phi) is 4.97. The van der Waals surface area contributed by atoms with Gasteiger partial charge in [0.05, 0.1) is 21.1 Å². The van der Waals surface area contributed by atoms with Gasteiger partial charge in [-0.15, -0.1) is 11.3 Å². The van der Waals surface area contributed by atoms with Crippen LogP contribution in [0.2, 0.25) is 5.02 Å². The number of halogens is 1. The first-order valence-electron chi connectivity index (χ1n) is 7.97. The Hall–Kier alpha value is -2.45. The van der Waals surface area contributed by atoms with Crippen LogP contribution in [0.1, 0.15) is 44.5 Å². The SMILES string of the molecule is CC1CCc2c(sc(NC(=O)c3cc([N+](=O)[O-])ccc3Cl)c2C(N)=O)C1. The van der Waals surface area contributed by atoms with E-state index < -0.39 is 16.7 Å². The molecule has 1 aliphatic rings. The third-order valence-electron chi connectivity index (χ3n) is 4.39. The van der Waals surface area contributed by atoms with Crippen LogP contribution in [-0.2, 0) is 12.8 Å². The van der Waals surface area contributed by atoms with Crippen molar-refractivity contribution in [1.82, 2.24) is 0 Å². The fourth-order valence-corrected chi connectivity index (χ4v) is 4.69. The first-order valence-corrected chi connectivity index (χ1v) is 9.17. The highest BCUT2D eigenvalue weighted by Gasteiger charge is 2.28. The first-order chi connectivity index (χ1) is 12.3. The number of hydrogen-bond acceptors (Lipinski definition) is 5. The highest BCUT2D eigenvalue weighted by Crippen LogP contribution is 2.39. The molecule has 0 aliphatic heterocycles. The Morgan fingerprint density at radius 3 is 2.81 bits per heavy atom. The molecule has 2 aromatic rings. The minimum absolute atomic E-state index is 0.0315. The maximum absolute atomic E-state index is 12.6. The number of carbonyl (C=O) groups excluding carboxylic acids is 2. The van der Waals surface area contributed by atoms with E-state index in [9.17, 15) is 19.7 Å². The molecule has 0 radical (unpaired) electrons. The molecule has 1 aromatic heterocycles. The van der Waals surface area contributed by atoms with Gasteiger partial charge in [0.1, 0.15) is 5.00 Å². The zero-order valence-electron chi connectivity index (χ0n) is 13.9. The first kappa shape index (κ1) is 18.3. The zero-order valence-corrected chi connectivity index (χ0v) is 15.4. The van der Waals surface area contributed by atoms with Crippen LogP contribution >= 0.6 is 22.9 Å². The van der Waals surface area contributed by atoms with Crippen molar-refractivity contribution in [3.8, 4) is 0 Å². The van der Waals surface area contributed by atoms with Gasteiger partial charge in [-0.1, -0.05) is 18.5 Å². The van der Waals surface area contributed by atoms with Gasteiger partial charge in [-0.2, -0.15) is 0 Å². The number of nitro benzene ring substituents is 1. The molecule has 3 rings (SSSR count). The summed E-state index contributed by atoms with van der Waals surface area (Å²) in [5.74, 6) is -0.720. The van der Waals surface area contributed by atoms with Gasteiger partial charge in [0.15, 0.2) is 0 Å². The van der Waals surface area contributed by atoms with Crippen LogP contribution < -0.4 is 11.1 Å². The van der Waals surface area contributed by atoms with Gasteiger partial charge in [-0.3, -0.25) is 19.7 Å². The van der Waals surface area contributed by atoms with Crippen molar-refractivity contribution in [3.05, 3.63) is 54.9 Å². The predicted octanol–water partition coefficient (Wildman–Crippen LogP) is 3.79. The molecule has 1 atom stereocenters. The fraction of sp³-hybridized carbons (Fsp3) is 0.294. The lowest BCUT2D eigenvalue weighted by atomic mass is 9.88. The van der Waals surface area contributed by atoms with Gasteiger partial charge in [0, 0.05) is 17.0 Å². The highest BCUT2D eigenvalue weighted by molar-refractivity contribution is 7.17. The molecule has 0 saturated heterocycles. The molecule has 0 fully saturated rings. The third-order valence-corrected chi connectivity index (χ3v) is 5.89. The average molecular weight is 394 g/mol. The summed E-state index contributed by atoms with van der Waals surface area (Å²) >= 11 is 7.34. The smallest absolute Gasteiger partial charge is 0.270 e. The lowest BCUT2D eigenvalue weighted by Crippen LogP contribution is -2.19. The van der Waals surface area contributed by atoms with Gasteiger partial charge >= 0.3 is 0 Å². The van der Waals surface area contributed by atoms with E-state index in [1.165, 1.54) is 23.5 Å². The number of nitrogens with one attached hydrogen (secondary N) is 1. The fourth-order valence-electron chi connectivity index (χ4n) is 3.07. The van der Waals surface area contributed by atoms with Gasteiger partial charge in [0.25, 0.3) is 17.5 Å². The summed E-state index contributed by atoms with van der Waals surface area (Å²) in [5, 5.41) is 14.0. The lowest BCUT2D eigenvalue weighted by Gasteiger charge is -2.18. The zero-order chi connectivity index (χ0) is 19.0. The molecule has 1 aliphatic carbocycles. The van der Waals surface area contributed by atoms with Crippen LogP contribution in [0, 0.1) is 16.0 Å². The molecule has 2 amide bonds. The number of primary amides is 1. The molecule has 0 bridgehead atoms. The van der Waals surface area contributed by atoms with E-state index in [1.807, 2.05) is 0 Å². The maximum atomic E-state index is 12.6. The van der Waals surface area contributed by atoms with Crippen molar-refractivity contribution in [2.75, 3.05) is 5.32 Å². The highest BCUT2D eigenvalue weighted by atomic mass is 35.5. The summed E-state index contributed by atoms with van der Waals surface area (Å²) in [4.78, 5) is 35.9. The number of rotatable bonds is 4. The third kappa shape index (κ3) is 3.42. The van der Waals surface area contributed by atoms with Crippen molar-refractivity contribution in [1.29, 1.82) is 0 Å². The molecular weight excluding hydrogens is 378 g/mol. The molecule has 1 aromatic carbocycles.